The van der Waals surface area contributed by atoms with Gasteiger partial charge in [-0.05, 0) is 19.0 Å². The van der Waals surface area contributed by atoms with Crippen LogP contribution in [0.5, 0.6) is 0 Å². The summed E-state index contributed by atoms with van der Waals surface area (Å²) in [5.41, 5.74) is 1.30. The molecular weight excluding hydrogens is 170 g/mol. The van der Waals surface area contributed by atoms with Crippen molar-refractivity contribution in [2.24, 2.45) is 0 Å². The Bertz CT molecular complexity index is 210. The van der Waals surface area contributed by atoms with Crippen LogP contribution in [-0.4, -0.2) is 19.0 Å². The summed E-state index contributed by atoms with van der Waals surface area (Å²) in [7, 11) is 1.92. The summed E-state index contributed by atoms with van der Waals surface area (Å²) < 4.78 is 0. The number of benzene rings is 1. The average Bonchev–Trinajstić information content (AvgIpc) is 2.06. The molecule has 0 radical (unpaired) electrons. The zero-order chi connectivity index (χ0) is 8.81. The average molecular weight is 184 g/mol. The molecule has 12 heavy (non-hydrogen) atoms. The molecule has 2 heteroatoms. The Morgan fingerprint density at radius 1 is 1.33 bits per heavy atom. The minimum Gasteiger partial charge on any atom is -0.318 e. The second-order valence-corrected chi connectivity index (χ2v) is 3.46. The maximum Gasteiger partial charge on any atom is 0.0500 e. The molecule has 0 spiro atoms. The first-order valence-corrected chi connectivity index (χ1v) is 4.59. The Morgan fingerprint density at radius 3 is 2.58 bits per heavy atom. The Hall–Kier alpha value is -0.530. The van der Waals surface area contributed by atoms with Gasteiger partial charge < -0.3 is 5.32 Å². The highest BCUT2D eigenvalue weighted by Gasteiger charge is 2.02. The van der Waals surface area contributed by atoms with Crippen molar-refractivity contribution in [2.45, 2.75) is 11.8 Å². The lowest BCUT2D eigenvalue weighted by Crippen LogP contribution is -2.20. The largest absolute Gasteiger partial charge is 0.318 e. The zero-order valence-electron chi connectivity index (χ0n) is 7.26. The quantitative estimate of drug-likeness (QED) is 0.705. The first-order chi connectivity index (χ1) is 5.83. The van der Waals surface area contributed by atoms with Gasteiger partial charge in [0.1, 0.15) is 0 Å². The number of hydrogen-bond donors (Lipinski definition) is 1. The van der Waals surface area contributed by atoms with Gasteiger partial charge in [0.2, 0.25) is 0 Å². The molecule has 0 amide bonds. The van der Waals surface area contributed by atoms with Crippen molar-refractivity contribution in [2.75, 3.05) is 13.6 Å². The molecule has 1 atom stereocenters. The topological polar surface area (TPSA) is 12.0 Å². The van der Waals surface area contributed by atoms with Crippen LogP contribution in [0.25, 0.3) is 0 Å². The van der Waals surface area contributed by atoms with Crippen molar-refractivity contribution in [3.05, 3.63) is 35.9 Å². The van der Waals surface area contributed by atoms with Crippen LogP contribution in [0.2, 0.25) is 0 Å². The molecule has 66 valence electrons. The van der Waals surface area contributed by atoms with Gasteiger partial charge in [0.05, 0.1) is 5.38 Å². The number of halogens is 1. The monoisotopic (exact) mass is 183 g/mol. The van der Waals surface area contributed by atoms with Crippen LogP contribution in [0, 0.1) is 0 Å². The number of nitrogens with one attached hydrogen (secondary N) is 1. The first kappa shape index (κ1) is 9.56. The Labute approximate surface area is 78.7 Å². The van der Waals surface area contributed by atoms with Gasteiger partial charge in [-0.3, -0.25) is 0 Å². The third-order valence-corrected chi connectivity index (χ3v) is 2.03. The van der Waals surface area contributed by atoms with Crippen molar-refractivity contribution in [3.8, 4) is 0 Å². The highest BCUT2D eigenvalue weighted by Crippen LogP contribution is 2.06. The summed E-state index contributed by atoms with van der Waals surface area (Å²) in [4.78, 5) is 0. The predicted molar refractivity (Wildman–Crippen MR) is 53.7 cm³/mol. The Balaban J connectivity index is 2.41. The molecular formula is C10H14ClN. The van der Waals surface area contributed by atoms with E-state index in [1.165, 1.54) is 5.56 Å². The van der Waals surface area contributed by atoms with Gasteiger partial charge >= 0.3 is 0 Å². The fourth-order valence-electron chi connectivity index (χ4n) is 1.16. The summed E-state index contributed by atoms with van der Waals surface area (Å²) >= 11 is 6.05. The molecule has 0 aromatic heterocycles. The maximum atomic E-state index is 6.05. The lowest BCUT2D eigenvalue weighted by Gasteiger charge is -2.07. The van der Waals surface area contributed by atoms with Gasteiger partial charge in [-0.2, -0.15) is 0 Å². The van der Waals surface area contributed by atoms with E-state index in [1.807, 2.05) is 25.2 Å². The molecule has 0 aliphatic heterocycles. The number of alkyl halides is 1. The van der Waals surface area contributed by atoms with Crippen molar-refractivity contribution in [3.63, 3.8) is 0 Å². The first-order valence-electron chi connectivity index (χ1n) is 4.15. The second-order valence-electron chi connectivity index (χ2n) is 2.84. The van der Waals surface area contributed by atoms with E-state index in [1.54, 1.807) is 0 Å². The van der Waals surface area contributed by atoms with Gasteiger partial charge in [0, 0.05) is 6.54 Å². The Kier molecular flexibility index (Phi) is 4.12. The summed E-state index contributed by atoms with van der Waals surface area (Å²) in [6.45, 7) is 0.858. The lowest BCUT2D eigenvalue weighted by atomic mass is 10.1. The van der Waals surface area contributed by atoms with E-state index in [0.29, 0.717) is 0 Å². The molecule has 0 aliphatic rings. The van der Waals surface area contributed by atoms with Crippen molar-refractivity contribution >= 4 is 11.6 Å². The summed E-state index contributed by atoms with van der Waals surface area (Å²) in [5.74, 6) is 0. The fourth-order valence-corrected chi connectivity index (χ4v) is 1.50. The van der Waals surface area contributed by atoms with E-state index in [0.717, 1.165) is 13.0 Å². The molecule has 0 saturated heterocycles. The SMILES string of the molecule is CNCC(Cl)Cc1ccccc1. The molecule has 1 N–H and O–H groups in total. The zero-order valence-corrected chi connectivity index (χ0v) is 8.01. The third kappa shape index (κ3) is 3.24. The molecule has 0 bridgehead atoms. The van der Waals surface area contributed by atoms with E-state index in [2.05, 4.69) is 17.4 Å². The standard InChI is InChI=1S/C10H14ClN/c1-12-8-10(11)7-9-5-3-2-4-6-9/h2-6,10,12H,7-8H2,1H3. The Morgan fingerprint density at radius 2 is 2.00 bits per heavy atom. The fraction of sp³-hybridized carbons (Fsp3) is 0.400. The lowest BCUT2D eigenvalue weighted by molar-refractivity contribution is 0.732. The molecule has 1 aromatic rings. The minimum atomic E-state index is 0.192. The molecule has 0 saturated carbocycles. The minimum absolute atomic E-state index is 0.192. The smallest absolute Gasteiger partial charge is 0.0500 e. The van der Waals surface area contributed by atoms with Gasteiger partial charge in [-0.25, -0.2) is 0 Å². The summed E-state index contributed by atoms with van der Waals surface area (Å²) in [6, 6.07) is 10.3. The van der Waals surface area contributed by atoms with Crippen LogP contribution >= 0.6 is 11.6 Å². The number of hydrogen-bond acceptors (Lipinski definition) is 1. The maximum absolute atomic E-state index is 6.05. The van der Waals surface area contributed by atoms with Crippen LogP contribution in [0.3, 0.4) is 0 Å². The van der Waals surface area contributed by atoms with E-state index in [4.69, 9.17) is 11.6 Å². The summed E-state index contributed by atoms with van der Waals surface area (Å²) in [5, 5.41) is 3.25. The molecule has 0 heterocycles. The van der Waals surface area contributed by atoms with Crippen molar-refractivity contribution < 1.29 is 0 Å². The van der Waals surface area contributed by atoms with Gasteiger partial charge in [-0.15, -0.1) is 11.6 Å². The van der Waals surface area contributed by atoms with Gasteiger partial charge in [-0.1, -0.05) is 30.3 Å². The molecule has 1 nitrogen and oxygen atoms in total. The molecule has 1 unspecified atom stereocenters. The normalized spacial score (nSPS) is 12.8. The predicted octanol–water partition coefficient (Wildman–Crippen LogP) is 2.06. The highest BCUT2D eigenvalue weighted by atomic mass is 35.5. The van der Waals surface area contributed by atoms with Crippen LogP contribution in [-0.2, 0) is 6.42 Å². The molecule has 0 fully saturated rings. The molecule has 1 aromatic carbocycles. The molecule has 0 aliphatic carbocycles. The second kappa shape index (κ2) is 5.18. The highest BCUT2D eigenvalue weighted by molar-refractivity contribution is 6.20. The van der Waals surface area contributed by atoms with E-state index < -0.39 is 0 Å². The van der Waals surface area contributed by atoms with Crippen molar-refractivity contribution in [1.29, 1.82) is 0 Å². The van der Waals surface area contributed by atoms with E-state index >= 15 is 0 Å². The van der Waals surface area contributed by atoms with E-state index in [-0.39, 0.29) is 5.38 Å². The number of rotatable bonds is 4. The van der Waals surface area contributed by atoms with Gasteiger partial charge in [0.25, 0.3) is 0 Å². The van der Waals surface area contributed by atoms with E-state index in [9.17, 15) is 0 Å². The van der Waals surface area contributed by atoms with Crippen LogP contribution in [0.1, 0.15) is 5.56 Å². The van der Waals surface area contributed by atoms with Crippen LogP contribution in [0.15, 0.2) is 30.3 Å². The third-order valence-electron chi connectivity index (χ3n) is 1.73. The van der Waals surface area contributed by atoms with Crippen molar-refractivity contribution in [1.82, 2.24) is 5.32 Å². The van der Waals surface area contributed by atoms with Crippen LogP contribution in [0.4, 0.5) is 0 Å². The van der Waals surface area contributed by atoms with Crippen LogP contribution < -0.4 is 5.32 Å². The summed E-state index contributed by atoms with van der Waals surface area (Å²) in [6.07, 6.45) is 0.934. The van der Waals surface area contributed by atoms with Gasteiger partial charge in [0.15, 0.2) is 0 Å². The molecule has 1 rings (SSSR count).